The maximum atomic E-state index is 12.7. The van der Waals surface area contributed by atoms with Crippen LogP contribution in [-0.2, 0) is 11.3 Å². The number of fused-ring (bicyclic) bond motifs is 1. The van der Waals surface area contributed by atoms with E-state index in [1.165, 1.54) is 6.07 Å². The van der Waals surface area contributed by atoms with Gasteiger partial charge in [0.05, 0.1) is 11.7 Å². The van der Waals surface area contributed by atoms with Gasteiger partial charge in [0.15, 0.2) is 11.5 Å². The van der Waals surface area contributed by atoms with Crippen molar-refractivity contribution in [1.29, 1.82) is 0 Å². The van der Waals surface area contributed by atoms with Crippen molar-refractivity contribution in [2.24, 2.45) is 0 Å². The molecule has 2 aliphatic heterocycles. The number of ether oxygens (including phenoxy) is 3. The number of nitrogens with zero attached hydrogens (tertiary/aromatic N) is 2. The van der Waals surface area contributed by atoms with E-state index in [1.807, 2.05) is 25.1 Å². The highest BCUT2D eigenvalue weighted by atomic mass is 19.3. The van der Waals surface area contributed by atoms with Gasteiger partial charge < -0.3 is 19.5 Å². The highest BCUT2D eigenvalue weighted by Crippen LogP contribution is 2.33. The molecule has 7 nitrogen and oxygen atoms in total. The predicted octanol–water partition coefficient (Wildman–Crippen LogP) is 3.16. The molecule has 0 unspecified atom stereocenters. The molecule has 2 aromatic carbocycles. The van der Waals surface area contributed by atoms with Crippen molar-refractivity contribution in [2.75, 3.05) is 38.3 Å². The molecule has 1 amide bonds. The van der Waals surface area contributed by atoms with Crippen molar-refractivity contribution in [3.05, 3.63) is 48.0 Å². The van der Waals surface area contributed by atoms with Crippen LogP contribution in [0.15, 0.2) is 42.5 Å². The van der Waals surface area contributed by atoms with Crippen LogP contribution in [0.4, 0.5) is 14.5 Å². The Kier molecular flexibility index (Phi) is 6.53. The number of para-hydroxylation sites is 2. The molecule has 9 heteroatoms. The van der Waals surface area contributed by atoms with Crippen LogP contribution in [0.25, 0.3) is 0 Å². The summed E-state index contributed by atoms with van der Waals surface area (Å²) in [7, 11) is 0. The van der Waals surface area contributed by atoms with E-state index in [1.54, 1.807) is 18.2 Å². The fraction of sp³-hybridized carbons (Fsp3) is 0.409. The largest absolute Gasteiger partial charge is 0.454 e. The fourth-order valence-electron chi connectivity index (χ4n) is 3.78. The summed E-state index contributed by atoms with van der Waals surface area (Å²) in [6.45, 7) is 3.02. The van der Waals surface area contributed by atoms with Gasteiger partial charge in [-0.3, -0.25) is 14.6 Å². The first-order valence-electron chi connectivity index (χ1n) is 10.2. The van der Waals surface area contributed by atoms with Gasteiger partial charge in [0.2, 0.25) is 12.7 Å². The highest BCUT2D eigenvalue weighted by molar-refractivity contribution is 5.95. The van der Waals surface area contributed by atoms with Gasteiger partial charge in [0.1, 0.15) is 5.75 Å². The first kappa shape index (κ1) is 21.3. The molecule has 2 heterocycles. The third-order valence-electron chi connectivity index (χ3n) is 5.54. The molecule has 0 bridgehead atoms. The molecule has 1 N–H and O–H groups in total. The zero-order chi connectivity index (χ0) is 21.8. The predicted molar refractivity (Wildman–Crippen MR) is 111 cm³/mol. The van der Waals surface area contributed by atoms with Gasteiger partial charge >= 0.3 is 6.61 Å². The van der Waals surface area contributed by atoms with Crippen molar-refractivity contribution in [3.63, 3.8) is 0 Å². The molecule has 1 fully saturated rings. The van der Waals surface area contributed by atoms with Crippen LogP contribution >= 0.6 is 0 Å². The Labute approximate surface area is 179 Å². The van der Waals surface area contributed by atoms with Crippen molar-refractivity contribution in [3.8, 4) is 17.2 Å². The van der Waals surface area contributed by atoms with Crippen LogP contribution in [0.2, 0.25) is 0 Å². The number of hydrogen-bond acceptors (Lipinski definition) is 6. The summed E-state index contributed by atoms with van der Waals surface area (Å²) in [6, 6.07) is 11.8. The van der Waals surface area contributed by atoms with Gasteiger partial charge in [0.25, 0.3) is 0 Å². The van der Waals surface area contributed by atoms with Crippen LogP contribution in [-0.4, -0.2) is 61.3 Å². The smallest absolute Gasteiger partial charge is 0.387 e. The van der Waals surface area contributed by atoms with E-state index in [9.17, 15) is 13.6 Å². The van der Waals surface area contributed by atoms with E-state index < -0.39 is 12.7 Å². The summed E-state index contributed by atoms with van der Waals surface area (Å²) < 4.78 is 40.4. The average Bonchev–Trinajstić information content (AvgIpc) is 3.23. The maximum Gasteiger partial charge on any atom is 0.387 e. The molecule has 2 aliphatic rings. The van der Waals surface area contributed by atoms with Crippen LogP contribution < -0.4 is 19.5 Å². The Morgan fingerprint density at radius 1 is 1.10 bits per heavy atom. The summed E-state index contributed by atoms with van der Waals surface area (Å²) in [5.74, 6) is 1.24. The van der Waals surface area contributed by atoms with Crippen LogP contribution in [0.3, 0.4) is 0 Å². The Bertz CT molecular complexity index is 919. The first-order valence-corrected chi connectivity index (χ1v) is 10.2. The molecule has 0 spiro atoms. The second kappa shape index (κ2) is 9.49. The normalized spacial score (nSPS) is 17.5. The molecule has 0 saturated carbocycles. The molecular formula is C22H25F2N3O4. The lowest BCUT2D eigenvalue weighted by atomic mass is 10.1. The van der Waals surface area contributed by atoms with E-state index in [2.05, 4.69) is 19.9 Å². The number of benzene rings is 2. The summed E-state index contributed by atoms with van der Waals surface area (Å²) in [6.07, 6.45) is 0. The Morgan fingerprint density at radius 2 is 1.84 bits per heavy atom. The monoisotopic (exact) mass is 433 g/mol. The third kappa shape index (κ3) is 5.23. The number of anilines is 1. The zero-order valence-electron chi connectivity index (χ0n) is 17.2. The average molecular weight is 433 g/mol. The molecule has 0 aromatic heterocycles. The maximum absolute atomic E-state index is 12.7. The number of hydrogen-bond donors (Lipinski definition) is 1. The molecule has 31 heavy (non-hydrogen) atoms. The second-order valence-corrected chi connectivity index (χ2v) is 7.54. The van der Waals surface area contributed by atoms with E-state index in [4.69, 9.17) is 9.47 Å². The SMILES string of the molecule is C[C@H](C(=O)Nc1ccccc1OC(F)F)N1CCN(Cc2ccc3c(c2)OCO3)CC1. The minimum absolute atomic E-state index is 0.0494. The van der Waals surface area contributed by atoms with Gasteiger partial charge in [-0.25, -0.2) is 0 Å². The lowest BCUT2D eigenvalue weighted by Gasteiger charge is -2.37. The number of rotatable bonds is 7. The Morgan fingerprint density at radius 3 is 2.61 bits per heavy atom. The van der Waals surface area contributed by atoms with Gasteiger partial charge in [0, 0.05) is 32.7 Å². The summed E-state index contributed by atoms with van der Waals surface area (Å²) in [4.78, 5) is 17.1. The standard InChI is InChI=1S/C22H25F2N3O4/c1-15(21(28)25-17-4-2-3-5-18(17)31-22(23)24)27-10-8-26(9-11-27)13-16-6-7-19-20(12-16)30-14-29-19/h2-7,12,15,22H,8-11,13-14H2,1H3,(H,25,28)/t15-/m1/s1. The summed E-state index contributed by atoms with van der Waals surface area (Å²) in [5.41, 5.74) is 1.39. The van der Waals surface area contributed by atoms with E-state index in [0.717, 1.165) is 49.8 Å². The van der Waals surface area contributed by atoms with Gasteiger partial charge in [-0.1, -0.05) is 18.2 Å². The van der Waals surface area contributed by atoms with E-state index >= 15 is 0 Å². The summed E-state index contributed by atoms with van der Waals surface area (Å²) >= 11 is 0. The first-order chi connectivity index (χ1) is 15.0. The van der Waals surface area contributed by atoms with E-state index in [-0.39, 0.29) is 24.1 Å². The molecule has 0 radical (unpaired) electrons. The number of nitrogens with one attached hydrogen (secondary N) is 1. The molecule has 166 valence electrons. The molecule has 1 saturated heterocycles. The number of carbonyl (C=O) groups is 1. The number of halogens is 2. The minimum Gasteiger partial charge on any atom is -0.454 e. The zero-order valence-corrected chi connectivity index (χ0v) is 17.2. The van der Waals surface area contributed by atoms with Crippen LogP contribution in [0.1, 0.15) is 12.5 Å². The summed E-state index contributed by atoms with van der Waals surface area (Å²) in [5, 5.41) is 2.71. The molecule has 0 aliphatic carbocycles. The second-order valence-electron chi connectivity index (χ2n) is 7.54. The Hall–Kier alpha value is -2.91. The number of alkyl halides is 2. The molecular weight excluding hydrogens is 408 g/mol. The topological polar surface area (TPSA) is 63.3 Å². The van der Waals surface area contributed by atoms with Gasteiger partial charge in [-0.2, -0.15) is 8.78 Å². The lowest BCUT2D eigenvalue weighted by molar-refractivity contribution is -0.121. The highest BCUT2D eigenvalue weighted by Gasteiger charge is 2.26. The van der Waals surface area contributed by atoms with Crippen LogP contribution in [0.5, 0.6) is 17.2 Å². The Balaban J connectivity index is 1.29. The number of carbonyl (C=O) groups excluding carboxylic acids is 1. The fourth-order valence-corrected chi connectivity index (χ4v) is 3.78. The minimum atomic E-state index is -2.95. The van der Waals surface area contributed by atoms with Crippen LogP contribution in [0, 0.1) is 0 Å². The van der Waals surface area contributed by atoms with Gasteiger partial charge in [-0.15, -0.1) is 0 Å². The van der Waals surface area contributed by atoms with Crippen molar-refractivity contribution >= 4 is 11.6 Å². The third-order valence-corrected chi connectivity index (χ3v) is 5.54. The molecule has 1 atom stereocenters. The number of amides is 1. The quantitative estimate of drug-likeness (QED) is 0.724. The van der Waals surface area contributed by atoms with Crippen molar-refractivity contribution < 1.29 is 27.8 Å². The van der Waals surface area contributed by atoms with Crippen molar-refractivity contribution in [2.45, 2.75) is 26.1 Å². The van der Waals surface area contributed by atoms with E-state index in [0.29, 0.717) is 0 Å². The number of piperazine rings is 1. The van der Waals surface area contributed by atoms with Gasteiger partial charge in [-0.05, 0) is 36.8 Å². The lowest BCUT2D eigenvalue weighted by Crippen LogP contribution is -2.52. The van der Waals surface area contributed by atoms with Crippen molar-refractivity contribution in [1.82, 2.24) is 9.80 Å². The molecule has 4 rings (SSSR count). The molecule has 2 aromatic rings.